The topological polar surface area (TPSA) is 57.6 Å². The second-order valence-electron chi connectivity index (χ2n) is 7.04. The summed E-state index contributed by atoms with van der Waals surface area (Å²) >= 11 is 13.2. The molecule has 1 N–H and O–H groups in total. The number of aliphatic hydroxyl groups is 1. The van der Waals surface area contributed by atoms with Gasteiger partial charge in [0.25, 0.3) is 5.91 Å². The molecule has 0 fully saturated rings. The number of carbonyl (C=O) groups excluding carboxylic acids is 2. The molecular weight excluding hydrogens is 429 g/mol. The Hall–Kier alpha value is -2.18. The number of nitrogens with zero attached hydrogens (tertiary/aromatic N) is 1. The Labute approximate surface area is 182 Å². The molecule has 1 aliphatic rings. The van der Waals surface area contributed by atoms with Crippen molar-refractivity contribution in [3.8, 4) is 0 Å². The predicted molar refractivity (Wildman–Crippen MR) is 116 cm³/mol. The number of hydrogen-bond donors (Lipinski definition) is 1. The third-order valence-electron chi connectivity index (χ3n) is 5.15. The van der Waals surface area contributed by atoms with E-state index in [0.717, 1.165) is 22.5 Å². The highest BCUT2D eigenvalue weighted by molar-refractivity contribution is 7.18. The zero-order chi connectivity index (χ0) is 20.8. The summed E-state index contributed by atoms with van der Waals surface area (Å²) in [7, 11) is 0. The Morgan fingerprint density at radius 3 is 2.59 bits per heavy atom. The van der Waals surface area contributed by atoms with Gasteiger partial charge in [-0.05, 0) is 48.4 Å². The van der Waals surface area contributed by atoms with Crippen molar-refractivity contribution < 1.29 is 14.7 Å². The number of fused-ring (bicyclic) bond motifs is 1. The number of hydrogen-bond acceptors (Lipinski definition) is 4. The third kappa shape index (κ3) is 3.60. The molecule has 0 saturated heterocycles. The summed E-state index contributed by atoms with van der Waals surface area (Å²) in [4.78, 5) is 28.0. The van der Waals surface area contributed by atoms with Crippen molar-refractivity contribution in [2.24, 2.45) is 0 Å². The monoisotopic (exact) mass is 445 g/mol. The molecule has 0 bridgehead atoms. The van der Waals surface area contributed by atoms with Gasteiger partial charge in [-0.15, -0.1) is 11.3 Å². The van der Waals surface area contributed by atoms with Crippen molar-refractivity contribution >= 4 is 51.9 Å². The van der Waals surface area contributed by atoms with E-state index in [-0.39, 0.29) is 12.2 Å². The van der Waals surface area contributed by atoms with E-state index in [1.54, 1.807) is 30.3 Å². The summed E-state index contributed by atoms with van der Waals surface area (Å²) in [5.41, 5.74) is 0.927. The highest BCUT2D eigenvalue weighted by Gasteiger charge is 2.51. The largest absolute Gasteiger partial charge is 0.375 e. The Morgan fingerprint density at radius 1 is 1.14 bits per heavy atom. The van der Waals surface area contributed by atoms with E-state index in [2.05, 4.69) is 0 Å². The molecule has 1 atom stereocenters. The fourth-order valence-corrected chi connectivity index (χ4v) is 4.74. The number of aryl methyl sites for hydroxylation is 1. The molecule has 148 valence electrons. The molecule has 7 heteroatoms. The molecule has 2 heterocycles. The maximum atomic E-state index is 13.3. The van der Waals surface area contributed by atoms with Gasteiger partial charge in [-0.25, -0.2) is 0 Å². The third-order valence-corrected chi connectivity index (χ3v) is 6.66. The van der Waals surface area contributed by atoms with Crippen molar-refractivity contribution in [2.75, 3.05) is 4.90 Å². The van der Waals surface area contributed by atoms with Crippen LogP contribution in [0.4, 0.5) is 5.69 Å². The fourth-order valence-electron chi connectivity index (χ4n) is 3.59. The minimum atomic E-state index is -1.98. The number of anilines is 1. The SMILES string of the molecule is Cc1ccccc1CN1C(=O)[C@@](O)(CC(=O)c2ccc(Cl)s2)c2cc(Cl)ccc21. The first-order chi connectivity index (χ1) is 13.8. The van der Waals surface area contributed by atoms with Crippen LogP contribution in [0.5, 0.6) is 0 Å². The van der Waals surface area contributed by atoms with E-state index < -0.39 is 11.5 Å². The lowest BCUT2D eigenvalue weighted by Crippen LogP contribution is -2.41. The van der Waals surface area contributed by atoms with Crippen molar-refractivity contribution in [2.45, 2.75) is 25.5 Å². The summed E-state index contributed by atoms with van der Waals surface area (Å²) in [6.45, 7) is 2.26. The number of thiophene rings is 1. The summed E-state index contributed by atoms with van der Waals surface area (Å²) in [6.07, 6.45) is -0.375. The van der Waals surface area contributed by atoms with Gasteiger partial charge in [0, 0.05) is 10.6 Å². The van der Waals surface area contributed by atoms with Crippen LogP contribution in [-0.2, 0) is 16.9 Å². The highest BCUT2D eigenvalue weighted by Crippen LogP contribution is 2.45. The summed E-state index contributed by atoms with van der Waals surface area (Å²) in [5.74, 6) is -0.879. The maximum absolute atomic E-state index is 13.3. The first-order valence-corrected chi connectivity index (χ1v) is 10.5. The normalized spacial score (nSPS) is 18.2. The zero-order valence-corrected chi connectivity index (χ0v) is 17.8. The molecular formula is C22H17Cl2NO3S. The average Bonchev–Trinajstić information content (AvgIpc) is 3.20. The standard InChI is InChI=1S/C22H17Cl2NO3S/c1-13-4-2-3-5-14(13)12-25-17-7-6-15(23)10-16(17)22(28,21(25)27)11-18(26)19-8-9-20(24)29-19/h2-10,28H,11-12H2,1H3/t22-/m1/s1. The van der Waals surface area contributed by atoms with Crippen LogP contribution in [0.25, 0.3) is 0 Å². The van der Waals surface area contributed by atoms with Crippen molar-refractivity contribution in [3.63, 3.8) is 0 Å². The Balaban J connectivity index is 1.73. The number of ketones is 1. The van der Waals surface area contributed by atoms with Crippen LogP contribution in [0.1, 0.15) is 32.8 Å². The number of carbonyl (C=O) groups is 2. The van der Waals surface area contributed by atoms with Crippen molar-refractivity contribution in [3.05, 3.63) is 85.5 Å². The molecule has 0 saturated carbocycles. The molecule has 1 amide bonds. The van der Waals surface area contributed by atoms with E-state index in [9.17, 15) is 14.7 Å². The molecule has 0 spiro atoms. The van der Waals surface area contributed by atoms with Crippen LogP contribution in [0.15, 0.2) is 54.6 Å². The lowest BCUT2D eigenvalue weighted by molar-refractivity contribution is -0.136. The van der Waals surface area contributed by atoms with Crippen LogP contribution in [-0.4, -0.2) is 16.8 Å². The Bertz CT molecular complexity index is 1130. The number of halogens is 2. The van der Waals surface area contributed by atoms with Gasteiger partial charge in [-0.2, -0.15) is 0 Å². The summed E-state index contributed by atoms with van der Waals surface area (Å²) in [6, 6.07) is 15.9. The van der Waals surface area contributed by atoms with Gasteiger partial charge in [0.2, 0.25) is 0 Å². The molecule has 1 aromatic heterocycles. The first-order valence-electron chi connectivity index (χ1n) is 8.97. The lowest BCUT2D eigenvalue weighted by Gasteiger charge is -2.23. The molecule has 4 rings (SSSR count). The Morgan fingerprint density at radius 2 is 1.90 bits per heavy atom. The number of amides is 1. The number of Topliss-reactive ketones (excluding diaryl/α,β-unsaturated/α-hetero) is 1. The van der Waals surface area contributed by atoms with E-state index in [1.807, 2.05) is 31.2 Å². The van der Waals surface area contributed by atoms with Crippen molar-refractivity contribution in [1.82, 2.24) is 0 Å². The second kappa shape index (κ2) is 7.58. The number of benzene rings is 2. The van der Waals surface area contributed by atoms with Crippen LogP contribution >= 0.6 is 34.5 Å². The molecule has 1 aliphatic heterocycles. The molecule has 0 radical (unpaired) electrons. The Kier molecular flexibility index (Phi) is 5.25. The van der Waals surface area contributed by atoms with E-state index in [4.69, 9.17) is 23.2 Å². The van der Waals surface area contributed by atoms with E-state index in [1.165, 1.54) is 4.90 Å². The maximum Gasteiger partial charge on any atom is 0.264 e. The smallest absolute Gasteiger partial charge is 0.264 e. The van der Waals surface area contributed by atoms with E-state index in [0.29, 0.717) is 32.0 Å². The van der Waals surface area contributed by atoms with Gasteiger partial charge in [0.1, 0.15) is 0 Å². The molecule has 29 heavy (non-hydrogen) atoms. The predicted octanol–water partition coefficient (Wildman–Crippen LogP) is 5.37. The summed E-state index contributed by atoms with van der Waals surface area (Å²) in [5, 5.41) is 11.8. The van der Waals surface area contributed by atoms with Gasteiger partial charge < -0.3 is 10.0 Å². The minimum Gasteiger partial charge on any atom is -0.375 e. The van der Waals surface area contributed by atoms with Gasteiger partial charge in [0.15, 0.2) is 11.4 Å². The van der Waals surface area contributed by atoms with Crippen molar-refractivity contribution in [1.29, 1.82) is 0 Å². The quantitative estimate of drug-likeness (QED) is 0.536. The zero-order valence-electron chi connectivity index (χ0n) is 15.5. The minimum absolute atomic E-state index is 0.293. The van der Waals surface area contributed by atoms with E-state index >= 15 is 0 Å². The molecule has 0 aliphatic carbocycles. The van der Waals surface area contributed by atoms with Gasteiger partial charge in [-0.1, -0.05) is 47.5 Å². The van der Waals surface area contributed by atoms with Gasteiger partial charge >= 0.3 is 0 Å². The van der Waals surface area contributed by atoms with Crippen LogP contribution in [0.3, 0.4) is 0 Å². The van der Waals surface area contributed by atoms with Crippen LogP contribution in [0.2, 0.25) is 9.36 Å². The number of rotatable bonds is 5. The lowest BCUT2D eigenvalue weighted by atomic mass is 9.89. The molecule has 4 nitrogen and oxygen atoms in total. The summed E-state index contributed by atoms with van der Waals surface area (Å²) < 4.78 is 0.475. The second-order valence-corrected chi connectivity index (χ2v) is 9.19. The average molecular weight is 446 g/mol. The van der Waals surface area contributed by atoms with Crippen LogP contribution < -0.4 is 4.90 Å². The van der Waals surface area contributed by atoms with Gasteiger partial charge in [-0.3, -0.25) is 9.59 Å². The molecule has 2 aromatic carbocycles. The van der Waals surface area contributed by atoms with Crippen LogP contribution in [0, 0.1) is 6.92 Å². The first kappa shape index (κ1) is 20.1. The molecule has 0 unspecified atom stereocenters. The fraction of sp³-hybridized carbons (Fsp3) is 0.182. The molecule has 3 aromatic rings. The van der Waals surface area contributed by atoms with Gasteiger partial charge in [0.05, 0.1) is 27.9 Å². The highest BCUT2D eigenvalue weighted by atomic mass is 35.5.